The highest BCUT2D eigenvalue weighted by atomic mass is 19.1. The van der Waals surface area contributed by atoms with E-state index in [1.165, 1.54) is 0 Å². The predicted octanol–water partition coefficient (Wildman–Crippen LogP) is 3.07. The number of rotatable bonds is 6. The minimum absolute atomic E-state index is 0.166. The van der Waals surface area contributed by atoms with Crippen molar-refractivity contribution in [2.45, 2.75) is 44.8 Å². The molecule has 1 aliphatic carbocycles. The molecule has 2 rings (SSSR count). The van der Waals surface area contributed by atoms with E-state index in [4.69, 9.17) is 4.74 Å². The molecule has 1 fully saturated rings. The van der Waals surface area contributed by atoms with E-state index in [1.807, 2.05) is 6.92 Å². The highest BCUT2D eigenvalue weighted by molar-refractivity contribution is 5.19. The smallest absolute Gasteiger partial charge is 0.126 e. The third-order valence-corrected chi connectivity index (χ3v) is 3.66. The fourth-order valence-corrected chi connectivity index (χ4v) is 2.66. The summed E-state index contributed by atoms with van der Waals surface area (Å²) in [5, 5.41) is 9.94. The molecule has 1 saturated carbocycles. The van der Waals surface area contributed by atoms with E-state index in [0.717, 1.165) is 31.0 Å². The van der Waals surface area contributed by atoms with Crippen LogP contribution in [-0.4, -0.2) is 23.9 Å². The zero-order chi connectivity index (χ0) is 13.8. The average Bonchev–Trinajstić information content (AvgIpc) is 2.31. The molecule has 1 N–H and O–H groups in total. The van der Waals surface area contributed by atoms with Crippen LogP contribution in [0.1, 0.15) is 31.7 Å². The van der Waals surface area contributed by atoms with Crippen molar-refractivity contribution >= 4 is 0 Å². The first-order valence-electron chi connectivity index (χ1n) is 6.82. The highest BCUT2D eigenvalue weighted by Crippen LogP contribution is 2.34. The molecule has 1 atom stereocenters. The molecule has 1 aromatic carbocycles. The van der Waals surface area contributed by atoms with Gasteiger partial charge in [-0.2, -0.15) is 0 Å². The maximum atomic E-state index is 13.4. The third kappa shape index (κ3) is 3.98. The molecule has 0 saturated heterocycles. The minimum atomic E-state index is -0.621. The Hall–Kier alpha value is -1.00. The van der Waals surface area contributed by atoms with Crippen LogP contribution in [0.15, 0.2) is 18.2 Å². The fourth-order valence-electron chi connectivity index (χ4n) is 2.66. The lowest BCUT2D eigenvalue weighted by molar-refractivity contribution is -0.0376. The first-order valence-corrected chi connectivity index (χ1v) is 6.82. The molecule has 1 aromatic rings. The Bertz CT molecular complexity index is 417. The zero-order valence-electron chi connectivity index (χ0n) is 11.1. The molecule has 0 aromatic heterocycles. The summed E-state index contributed by atoms with van der Waals surface area (Å²) in [7, 11) is 0. The van der Waals surface area contributed by atoms with E-state index in [1.54, 1.807) is 0 Å². The van der Waals surface area contributed by atoms with Gasteiger partial charge >= 0.3 is 0 Å². The number of ether oxygens (including phenoxy) is 1. The molecule has 0 bridgehead atoms. The van der Waals surface area contributed by atoms with Crippen LogP contribution < -0.4 is 0 Å². The Morgan fingerprint density at radius 2 is 2.11 bits per heavy atom. The summed E-state index contributed by atoms with van der Waals surface area (Å²) in [5.74, 6) is -0.493. The van der Waals surface area contributed by atoms with E-state index in [2.05, 4.69) is 0 Å². The predicted molar refractivity (Wildman–Crippen MR) is 68.8 cm³/mol. The van der Waals surface area contributed by atoms with Crippen LogP contribution in [0.4, 0.5) is 8.78 Å². The molecular weight excluding hydrogens is 250 g/mol. The lowest BCUT2D eigenvalue weighted by atomic mass is 9.78. The maximum Gasteiger partial charge on any atom is 0.126 e. The molecule has 0 aliphatic heterocycles. The van der Waals surface area contributed by atoms with Gasteiger partial charge < -0.3 is 9.84 Å². The minimum Gasteiger partial charge on any atom is -0.393 e. The maximum absolute atomic E-state index is 13.4. The summed E-state index contributed by atoms with van der Waals surface area (Å²) >= 11 is 0. The summed E-state index contributed by atoms with van der Waals surface area (Å²) in [6, 6.07) is 3.35. The monoisotopic (exact) mass is 270 g/mol. The Morgan fingerprint density at radius 1 is 1.37 bits per heavy atom. The normalized spacial score (nSPS) is 24.0. The lowest BCUT2D eigenvalue weighted by Crippen LogP contribution is -2.34. The topological polar surface area (TPSA) is 29.5 Å². The van der Waals surface area contributed by atoms with Gasteiger partial charge in [-0.15, -0.1) is 0 Å². The van der Waals surface area contributed by atoms with Crippen LogP contribution in [0.5, 0.6) is 0 Å². The second-order valence-electron chi connectivity index (χ2n) is 5.24. The van der Waals surface area contributed by atoms with E-state index in [9.17, 15) is 13.9 Å². The van der Waals surface area contributed by atoms with Crippen molar-refractivity contribution in [1.29, 1.82) is 0 Å². The van der Waals surface area contributed by atoms with Gasteiger partial charge in [0.15, 0.2) is 0 Å². The van der Waals surface area contributed by atoms with Crippen molar-refractivity contribution in [1.82, 2.24) is 0 Å². The van der Waals surface area contributed by atoms with Gasteiger partial charge in [-0.3, -0.25) is 0 Å². The molecule has 1 aliphatic rings. The molecule has 0 spiro atoms. The van der Waals surface area contributed by atoms with Crippen LogP contribution in [0.25, 0.3) is 0 Å². The summed E-state index contributed by atoms with van der Waals surface area (Å²) in [6.07, 6.45) is 2.39. The van der Waals surface area contributed by atoms with Crippen LogP contribution in [-0.2, 0) is 11.2 Å². The van der Waals surface area contributed by atoms with Crippen molar-refractivity contribution < 1.29 is 18.6 Å². The zero-order valence-corrected chi connectivity index (χ0v) is 11.1. The largest absolute Gasteiger partial charge is 0.393 e. The van der Waals surface area contributed by atoms with Crippen LogP contribution >= 0.6 is 0 Å². The summed E-state index contributed by atoms with van der Waals surface area (Å²) in [5.41, 5.74) is 0.244. The van der Waals surface area contributed by atoms with Gasteiger partial charge in [0.05, 0.1) is 12.2 Å². The quantitative estimate of drug-likeness (QED) is 0.860. The summed E-state index contributed by atoms with van der Waals surface area (Å²) in [4.78, 5) is 0. The molecule has 4 heteroatoms. The van der Waals surface area contributed by atoms with Crippen LogP contribution in [0.3, 0.4) is 0 Å². The van der Waals surface area contributed by atoms with Crippen molar-refractivity contribution in [3.63, 3.8) is 0 Å². The van der Waals surface area contributed by atoms with E-state index in [0.29, 0.717) is 25.0 Å². The van der Waals surface area contributed by atoms with E-state index < -0.39 is 17.7 Å². The Balaban J connectivity index is 1.79. The first kappa shape index (κ1) is 14.4. The second kappa shape index (κ2) is 6.44. The third-order valence-electron chi connectivity index (χ3n) is 3.66. The van der Waals surface area contributed by atoms with Gasteiger partial charge in [0, 0.05) is 13.0 Å². The second-order valence-corrected chi connectivity index (χ2v) is 5.24. The van der Waals surface area contributed by atoms with Crippen molar-refractivity contribution in [2.75, 3.05) is 6.61 Å². The lowest BCUT2D eigenvalue weighted by Gasteiger charge is -2.36. The van der Waals surface area contributed by atoms with Gasteiger partial charge in [0.25, 0.3) is 0 Å². The molecule has 0 amide bonds. The SMILES string of the molecule is CCOC1CC(CC(O)Cc2cc(F)ccc2F)C1. The molecule has 0 heterocycles. The Kier molecular flexibility index (Phi) is 4.88. The average molecular weight is 270 g/mol. The van der Waals surface area contributed by atoms with Gasteiger partial charge in [-0.25, -0.2) is 8.78 Å². The summed E-state index contributed by atoms with van der Waals surface area (Å²) < 4.78 is 31.9. The van der Waals surface area contributed by atoms with Gasteiger partial charge in [0.2, 0.25) is 0 Å². The number of benzene rings is 1. The standard InChI is InChI=1S/C15H20F2O2/c1-2-19-14-6-10(7-14)5-13(18)9-11-8-12(16)3-4-15(11)17/h3-4,8,10,13-14,18H,2,5-7,9H2,1H3. The van der Waals surface area contributed by atoms with Gasteiger partial charge in [-0.1, -0.05) is 0 Å². The molecule has 1 unspecified atom stereocenters. The first-order chi connectivity index (χ1) is 9.08. The van der Waals surface area contributed by atoms with Gasteiger partial charge in [-0.05, 0) is 55.9 Å². The summed E-state index contributed by atoms with van der Waals surface area (Å²) in [6.45, 7) is 2.68. The van der Waals surface area contributed by atoms with Crippen molar-refractivity contribution in [2.24, 2.45) is 5.92 Å². The van der Waals surface area contributed by atoms with Crippen LogP contribution in [0, 0.1) is 17.6 Å². The highest BCUT2D eigenvalue weighted by Gasteiger charge is 2.31. The van der Waals surface area contributed by atoms with E-state index >= 15 is 0 Å². The molecule has 0 radical (unpaired) electrons. The van der Waals surface area contributed by atoms with Gasteiger partial charge in [0.1, 0.15) is 11.6 Å². The number of aliphatic hydroxyl groups excluding tert-OH is 1. The van der Waals surface area contributed by atoms with Crippen molar-refractivity contribution in [3.05, 3.63) is 35.4 Å². The number of halogens is 2. The fraction of sp³-hybridized carbons (Fsp3) is 0.600. The Labute approximate surface area is 112 Å². The molecule has 106 valence electrons. The molecular formula is C15H20F2O2. The number of hydrogen-bond acceptors (Lipinski definition) is 2. The Morgan fingerprint density at radius 3 is 2.79 bits per heavy atom. The van der Waals surface area contributed by atoms with Crippen LogP contribution in [0.2, 0.25) is 0 Å². The molecule has 19 heavy (non-hydrogen) atoms. The number of hydrogen-bond donors (Lipinski definition) is 1. The van der Waals surface area contributed by atoms with Crippen molar-refractivity contribution in [3.8, 4) is 0 Å². The van der Waals surface area contributed by atoms with E-state index in [-0.39, 0.29) is 12.0 Å². The number of aliphatic hydroxyl groups is 1. The molecule has 2 nitrogen and oxygen atoms in total.